The van der Waals surface area contributed by atoms with Crippen molar-refractivity contribution in [2.75, 3.05) is 23.7 Å². The molecule has 7 nitrogen and oxygen atoms in total. The van der Waals surface area contributed by atoms with Gasteiger partial charge < -0.3 is 10.6 Å². The Morgan fingerprint density at radius 3 is 2.73 bits per heavy atom. The number of nitrogens with one attached hydrogen (secondary N) is 1. The van der Waals surface area contributed by atoms with Crippen LogP contribution >= 0.6 is 0 Å². The van der Waals surface area contributed by atoms with Crippen molar-refractivity contribution in [1.29, 1.82) is 0 Å². The Balaban J connectivity index is 1.39. The minimum absolute atomic E-state index is 0.0115. The molecule has 0 amide bonds. The van der Waals surface area contributed by atoms with Crippen molar-refractivity contribution in [2.24, 2.45) is 0 Å². The largest absolute Gasteiger partial charge is 0.369 e. The van der Waals surface area contributed by atoms with Gasteiger partial charge in [-0.25, -0.2) is 15.0 Å². The molecule has 1 saturated heterocycles. The monoisotopic (exact) mass is 352 g/mol. The molecule has 26 heavy (non-hydrogen) atoms. The maximum absolute atomic E-state index is 12.2. The van der Waals surface area contributed by atoms with Crippen molar-refractivity contribution in [3.05, 3.63) is 39.1 Å². The molecule has 136 valence electrons. The quantitative estimate of drug-likeness (QED) is 0.807. The zero-order chi connectivity index (χ0) is 17.7. The molecule has 1 aliphatic heterocycles. The molecule has 2 aromatic rings. The third kappa shape index (κ3) is 2.40. The Hall–Kier alpha value is -2.44. The fourth-order valence-corrected chi connectivity index (χ4v) is 4.91. The van der Waals surface area contributed by atoms with E-state index in [1.165, 1.54) is 24.1 Å². The van der Waals surface area contributed by atoms with Gasteiger partial charge in [-0.3, -0.25) is 9.78 Å². The topological polar surface area (TPSA) is 101 Å². The van der Waals surface area contributed by atoms with Crippen LogP contribution in [0.5, 0.6) is 0 Å². The van der Waals surface area contributed by atoms with E-state index in [-0.39, 0.29) is 16.9 Å². The number of aryl methyl sites for hydroxylation is 2. The van der Waals surface area contributed by atoms with E-state index in [0.29, 0.717) is 0 Å². The first-order valence-corrected chi connectivity index (χ1v) is 9.64. The molecule has 0 radical (unpaired) electrons. The van der Waals surface area contributed by atoms with E-state index in [0.717, 1.165) is 68.8 Å². The van der Waals surface area contributed by atoms with Crippen LogP contribution in [-0.2, 0) is 24.7 Å². The summed E-state index contributed by atoms with van der Waals surface area (Å²) >= 11 is 0. The van der Waals surface area contributed by atoms with Crippen LogP contribution in [0.15, 0.2) is 11.0 Å². The summed E-state index contributed by atoms with van der Waals surface area (Å²) in [5, 5.41) is 0. The lowest BCUT2D eigenvalue weighted by Gasteiger charge is -2.39. The molecule has 2 aromatic heterocycles. The molecule has 1 spiro atoms. The number of nitrogens with zero attached hydrogens (tertiary/aromatic N) is 4. The van der Waals surface area contributed by atoms with Crippen molar-refractivity contribution >= 4 is 11.9 Å². The molecule has 2 aliphatic carbocycles. The van der Waals surface area contributed by atoms with E-state index < -0.39 is 0 Å². The van der Waals surface area contributed by atoms with E-state index in [1.54, 1.807) is 0 Å². The van der Waals surface area contributed by atoms with Gasteiger partial charge in [0.2, 0.25) is 11.9 Å². The number of aromatic nitrogens is 4. The van der Waals surface area contributed by atoms with Gasteiger partial charge in [-0.2, -0.15) is 0 Å². The first-order chi connectivity index (χ1) is 12.6. The first-order valence-electron chi connectivity index (χ1n) is 9.64. The predicted molar refractivity (Wildman–Crippen MR) is 99.4 cm³/mol. The van der Waals surface area contributed by atoms with Crippen LogP contribution in [0.1, 0.15) is 54.6 Å². The van der Waals surface area contributed by atoms with Gasteiger partial charge in [0.1, 0.15) is 0 Å². The van der Waals surface area contributed by atoms with E-state index in [2.05, 4.69) is 19.9 Å². The lowest BCUT2D eigenvalue weighted by Crippen LogP contribution is -2.43. The normalized spacial score (nSPS) is 20.8. The molecule has 3 aliphatic rings. The summed E-state index contributed by atoms with van der Waals surface area (Å²) < 4.78 is 0. The van der Waals surface area contributed by atoms with Crippen LogP contribution in [0, 0.1) is 0 Å². The van der Waals surface area contributed by atoms with E-state index in [4.69, 9.17) is 10.7 Å². The lowest BCUT2D eigenvalue weighted by molar-refractivity contribution is 0.321. The third-order valence-corrected chi connectivity index (χ3v) is 6.44. The highest BCUT2D eigenvalue weighted by molar-refractivity contribution is 5.40. The zero-order valence-electron chi connectivity index (χ0n) is 14.9. The summed E-state index contributed by atoms with van der Waals surface area (Å²) in [6.45, 7) is 1.79. The van der Waals surface area contributed by atoms with Gasteiger partial charge in [-0.15, -0.1) is 0 Å². The van der Waals surface area contributed by atoms with Crippen molar-refractivity contribution < 1.29 is 0 Å². The number of hydrogen-bond acceptors (Lipinski definition) is 6. The Bertz CT molecular complexity index is 913. The Kier molecular flexibility index (Phi) is 3.52. The summed E-state index contributed by atoms with van der Waals surface area (Å²) in [4.78, 5) is 31.1. The highest BCUT2D eigenvalue weighted by Crippen LogP contribution is 2.44. The summed E-state index contributed by atoms with van der Waals surface area (Å²) in [5.41, 5.74) is 10.0. The summed E-state index contributed by atoms with van der Waals surface area (Å²) in [5.74, 6) is 1.09. The number of anilines is 2. The lowest BCUT2D eigenvalue weighted by atomic mass is 9.76. The third-order valence-electron chi connectivity index (χ3n) is 6.44. The fourth-order valence-electron chi connectivity index (χ4n) is 4.91. The molecule has 0 atom stereocenters. The van der Waals surface area contributed by atoms with Crippen molar-refractivity contribution in [3.8, 4) is 0 Å². The molecule has 0 unspecified atom stereocenters. The molecular weight excluding hydrogens is 328 g/mol. The second kappa shape index (κ2) is 5.79. The van der Waals surface area contributed by atoms with E-state index in [1.807, 2.05) is 6.20 Å². The number of fused-ring (bicyclic) bond motifs is 3. The molecule has 3 heterocycles. The average Bonchev–Trinajstić information content (AvgIpc) is 3.00. The molecule has 7 heteroatoms. The van der Waals surface area contributed by atoms with Crippen LogP contribution < -0.4 is 16.2 Å². The number of rotatable bonds is 1. The molecule has 5 rings (SSSR count). The Morgan fingerprint density at radius 2 is 1.88 bits per heavy atom. The number of piperidine rings is 1. The maximum Gasteiger partial charge on any atom is 0.255 e. The van der Waals surface area contributed by atoms with Gasteiger partial charge in [-0.05, 0) is 56.9 Å². The molecule has 3 N–H and O–H groups in total. The number of H-pyrrole nitrogens is 1. The maximum atomic E-state index is 12.2. The van der Waals surface area contributed by atoms with Crippen LogP contribution in [0.25, 0.3) is 0 Å². The molecular formula is C19H24N6O. The van der Waals surface area contributed by atoms with Gasteiger partial charge >= 0.3 is 0 Å². The Morgan fingerprint density at radius 1 is 1.08 bits per heavy atom. The SMILES string of the molecule is Nc1nc2c(c(=O)[nH]1)CCC21CCN(c2ncc3c(n2)CCCC3)CC1. The number of nitrogens with two attached hydrogens (primary N) is 1. The van der Waals surface area contributed by atoms with Crippen LogP contribution in [0.3, 0.4) is 0 Å². The minimum Gasteiger partial charge on any atom is -0.369 e. The summed E-state index contributed by atoms with van der Waals surface area (Å²) in [6.07, 6.45) is 10.4. The number of aromatic amines is 1. The van der Waals surface area contributed by atoms with Gasteiger partial charge in [0.05, 0.1) is 5.69 Å². The molecule has 0 saturated carbocycles. The van der Waals surface area contributed by atoms with Crippen molar-refractivity contribution in [3.63, 3.8) is 0 Å². The number of hydrogen-bond donors (Lipinski definition) is 2. The summed E-state index contributed by atoms with van der Waals surface area (Å²) in [7, 11) is 0. The Labute approximate surface area is 152 Å². The first kappa shape index (κ1) is 15.8. The van der Waals surface area contributed by atoms with Crippen molar-refractivity contribution in [1.82, 2.24) is 19.9 Å². The second-order valence-electron chi connectivity index (χ2n) is 7.89. The highest BCUT2D eigenvalue weighted by atomic mass is 16.1. The molecule has 1 fully saturated rings. The van der Waals surface area contributed by atoms with Gasteiger partial charge in [0, 0.05) is 36.0 Å². The van der Waals surface area contributed by atoms with Crippen LogP contribution in [-0.4, -0.2) is 33.0 Å². The van der Waals surface area contributed by atoms with Crippen molar-refractivity contribution in [2.45, 2.75) is 56.8 Å². The zero-order valence-corrected chi connectivity index (χ0v) is 14.9. The van der Waals surface area contributed by atoms with Crippen LogP contribution in [0.4, 0.5) is 11.9 Å². The molecule has 0 aromatic carbocycles. The van der Waals surface area contributed by atoms with Gasteiger partial charge in [0.25, 0.3) is 5.56 Å². The average molecular weight is 352 g/mol. The van der Waals surface area contributed by atoms with Crippen LogP contribution in [0.2, 0.25) is 0 Å². The number of nitrogen functional groups attached to an aromatic ring is 1. The molecule has 0 bridgehead atoms. The van der Waals surface area contributed by atoms with Gasteiger partial charge in [0.15, 0.2) is 0 Å². The fraction of sp³-hybridized carbons (Fsp3) is 0.579. The van der Waals surface area contributed by atoms with Gasteiger partial charge in [-0.1, -0.05) is 0 Å². The highest BCUT2D eigenvalue weighted by Gasteiger charge is 2.44. The predicted octanol–water partition coefficient (Wildman–Crippen LogP) is 1.51. The standard InChI is InChI=1S/C19H24N6O/c20-17-23-15-13(16(26)24-17)5-6-19(15)7-9-25(10-8-19)18-21-11-12-3-1-2-4-14(12)22-18/h11H,1-10H2,(H3,20,23,24,26). The van der Waals surface area contributed by atoms with E-state index >= 15 is 0 Å². The summed E-state index contributed by atoms with van der Waals surface area (Å²) in [6, 6.07) is 0. The minimum atomic E-state index is -0.0650. The van der Waals surface area contributed by atoms with E-state index in [9.17, 15) is 4.79 Å². The smallest absolute Gasteiger partial charge is 0.255 e. The second-order valence-corrected chi connectivity index (χ2v) is 7.89.